The van der Waals surface area contributed by atoms with E-state index in [2.05, 4.69) is 42.8 Å². The van der Waals surface area contributed by atoms with E-state index in [9.17, 15) is 0 Å². The summed E-state index contributed by atoms with van der Waals surface area (Å²) in [5.41, 5.74) is 3.87. The number of aryl methyl sites for hydroxylation is 2. The van der Waals surface area contributed by atoms with E-state index in [0.717, 1.165) is 6.42 Å². The van der Waals surface area contributed by atoms with Crippen molar-refractivity contribution in [3.63, 3.8) is 0 Å². The topological polar surface area (TPSA) is 25.2 Å². The molecule has 0 aliphatic rings. The van der Waals surface area contributed by atoms with Gasteiger partial charge in [-0.2, -0.15) is 0 Å². The number of aliphatic hydroxyl groups is 1. The summed E-state index contributed by atoms with van der Waals surface area (Å²) in [7, 11) is 0. The molecule has 15 heavy (non-hydrogen) atoms. The molecule has 1 aromatic carbocycles. The smallest absolute Gasteiger partial charge is 0.0610 e. The van der Waals surface area contributed by atoms with E-state index in [1.54, 1.807) is 0 Å². The highest BCUT2D eigenvalue weighted by Gasteiger charge is 2.05. The van der Waals surface area contributed by atoms with Gasteiger partial charge in [0.25, 0.3) is 0 Å². The van der Waals surface area contributed by atoms with Crippen LogP contribution in [-0.4, -0.2) is 16.3 Å². The average Bonchev–Trinajstić information content (AvgIpc) is 2.56. The first-order valence-corrected chi connectivity index (χ1v) is 5.45. The first-order chi connectivity index (χ1) is 7.26. The lowest BCUT2D eigenvalue weighted by Gasteiger charge is -2.03. The van der Waals surface area contributed by atoms with E-state index in [0.29, 0.717) is 6.54 Å². The molecule has 1 heterocycles. The normalized spacial score (nSPS) is 11.1. The molecule has 1 N–H and O–H groups in total. The number of aliphatic hydroxyl groups excluding tert-OH is 1. The maximum absolute atomic E-state index is 8.97. The van der Waals surface area contributed by atoms with E-state index >= 15 is 0 Å². The van der Waals surface area contributed by atoms with Crippen LogP contribution in [0.25, 0.3) is 10.9 Å². The lowest BCUT2D eigenvalue weighted by molar-refractivity contribution is 0.278. The van der Waals surface area contributed by atoms with Crippen LogP contribution in [0.5, 0.6) is 0 Å². The van der Waals surface area contributed by atoms with Gasteiger partial charge in [0.2, 0.25) is 0 Å². The Hall–Kier alpha value is -1.28. The summed E-state index contributed by atoms with van der Waals surface area (Å²) in [5, 5.41) is 10.3. The van der Waals surface area contributed by atoms with Gasteiger partial charge in [-0.05, 0) is 36.6 Å². The second-order valence-electron chi connectivity index (χ2n) is 3.93. The van der Waals surface area contributed by atoms with Gasteiger partial charge >= 0.3 is 0 Å². The van der Waals surface area contributed by atoms with Gasteiger partial charge in [0, 0.05) is 23.6 Å². The minimum absolute atomic E-state index is 0.193. The van der Waals surface area contributed by atoms with Gasteiger partial charge in [-0.1, -0.05) is 13.0 Å². The molecule has 0 aliphatic heterocycles. The Balaban J connectivity index is 2.59. The molecule has 0 fully saturated rings. The molecule has 0 unspecified atom stereocenters. The molecule has 0 bridgehead atoms. The molecule has 0 radical (unpaired) electrons. The van der Waals surface area contributed by atoms with Crippen LogP contribution in [0, 0.1) is 6.92 Å². The first-order valence-electron chi connectivity index (χ1n) is 5.45. The summed E-state index contributed by atoms with van der Waals surface area (Å²) >= 11 is 0. The zero-order valence-corrected chi connectivity index (χ0v) is 9.33. The quantitative estimate of drug-likeness (QED) is 0.814. The minimum Gasteiger partial charge on any atom is -0.395 e. The van der Waals surface area contributed by atoms with Crippen LogP contribution < -0.4 is 0 Å². The van der Waals surface area contributed by atoms with Crippen LogP contribution in [0.1, 0.15) is 18.1 Å². The van der Waals surface area contributed by atoms with Crippen LogP contribution in [0.2, 0.25) is 0 Å². The van der Waals surface area contributed by atoms with Crippen molar-refractivity contribution < 1.29 is 5.11 Å². The number of aromatic nitrogens is 1. The molecule has 0 saturated carbocycles. The van der Waals surface area contributed by atoms with Crippen LogP contribution in [0.4, 0.5) is 0 Å². The number of hydrogen-bond acceptors (Lipinski definition) is 1. The fourth-order valence-electron chi connectivity index (χ4n) is 2.03. The fourth-order valence-corrected chi connectivity index (χ4v) is 2.03. The Kier molecular flexibility index (Phi) is 2.78. The van der Waals surface area contributed by atoms with Crippen LogP contribution in [-0.2, 0) is 13.0 Å². The maximum Gasteiger partial charge on any atom is 0.0610 e. The Morgan fingerprint density at radius 1 is 1.33 bits per heavy atom. The van der Waals surface area contributed by atoms with Gasteiger partial charge in [-0.3, -0.25) is 0 Å². The molecule has 2 nitrogen and oxygen atoms in total. The second kappa shape index (κ2) is 4.07. The van der Waals surface area contributed by atoms with Gasteiger partial charge in [0.15, 0.2) is 0 Å². The predicted molar refractivity (Wildman–Crippen MR) is 63.1 cm³/mol. The molecule has 1 aromatic heterocycles. The monoisotopic (exact) mass is 203 g/mol. The van der Waals surface area contributed by atoms with Gasteiger partial charge in [-0.15, -0.1) is 0 Å². The number of hydrogen-bond donors (Lipinski definition) is 1. The predicted octanol–water partition coefficient (Wildman–Crippen LogP) is 2.50. The lowest BCUT2D eigenvalue weighted by Crippen LogP contribution is -1.99. The third kappa shape index (κ3) is 1.77. The number of nitrogens with zero attached hydrogens (tertiary/aromatic N) is 1. The van der Waals surface area contributed by atoms with Crippen molar-refractivity contribution in [1.29, 1.82) is 0 Å². The van der Waals surface area contributed by atoms with Crippen LogP contribution in [0.15, 0.2) is 24.4 Å². The summed E-state index contributed by atoms with van der Waals surface area (Å²) in [6.07, 6.45) is 3.18. The molecule has 0 atom stereocenters. The third-order valence-electron chi connectivity index (χ3n) is 2.89. The van der Waals surface area contributed by atoms with Crippen molar-refractivity contribution in [3.8, 4) is 0 Å². The molecule has 2 aromatic rings. The molecular formula is C13H17NO. The van der Waals surface area contributed by atoms with Crippen molar-refractivity contribution in [1.82, 2.24) is 4.57 Å². The van der Waals surface area contributed by atoms with Gasteiger partial charge < -0.3 is 9.67 Å². The van der Waals surface area contributed by atoms with Crippen molar-refractivity contribution in [2.75, 3.05) is 6.61 Å². The molecule has 0 aliphatic carbocycles. The number of benzene rings is 1. The van der Waals surface area contributed by atoms with E-state index in [1.165, 1.54) is 22.0 Å². The molecule has 0 saturated heterocycles. The minimum atomic E-state index is 0.193. The second-order valence-corrected chi connectivity index (χ2v) is 3.93. The zero-order chi connectivity index (χ0) is 10.8. The number of fused-ring (bicyclic) bond motifs is 1. The molecular weight excluding hydrogens is 186 g/mol. The van der Waals surface area contributed by atoms with E-state index in [4.69, 9.17) is 5.11 Å². The standard InChI is InChI=1S/C13H17NO/c1-3-11-4-5-13-12(8-11)10(2)9-14(13)6-7-15/h4-5,8-9,15H,3,6-7H2,1-2H3. The van der Waals surface area contributed by atoms with Crippen LogP contribution >= 0.6 is 0 Å². The lowest BCUT2D eigenvalue weighted by atomic mass is 10.1. The average molecular weight is 203 g/mol. The van der Waals surface area contributed by atoms with E-state index in [1.807, 2.05) is 0 Å². The van der Waals surface area contributed by atoms with Gasteiger partial charge in [-0.25, -0.2) is 0 Å². The highest BCUT2D eigenvalue weighted by Crippen LogP contribution is 2.22. The zero-order valence-electron chi connectivity index (χ0n) is 9.33. The highest BCUT2D eigenvalue weighted by atomic mass is 16.3. The first kappa shape index (κ1) is 10.2. The summed E-state index contributed by atoms with van der Waals surface area (Å²) in [4.78, 5) is 0. The Morgan fingerprint density at radius 2 is 2.13 bits per heavy atom. The van der Waals surface area contributed by atoms with Crippen molar-refractivity contribution in [2.45, 2.75) is 26.8 Å². The Morgan fingerprint density at radius 3 is 2.80 bits per heavy atom. The van der Waals surface area contributed by atoms with Crippen molar-refractivity contribution in [2.24, 2.45) is 0 Å². The summed E-state index contributed by atoms with van der Waals surface area (Å²) in [6, 6.07) is 6.56. The summed E-state index contributed by atoms with van der Waals surface area (Å²) in [6.45, 7) is 5.16. The maximum atomic E-state index is 8.97. The summed E-state index contributed by atoms with van der Waals surface area (Å²) < 4.78 is 2.12. The highest BCUT2D eigenvalue weighted by molar-refractivity contribution is 5.84. The van der Waals surface area contributed by atoms with Gasteiger partial charge in [0.1, 0.15) is 0 Å². The largest absolute Gasteiger partial charge is 0.395 e. The Bertz CT molecular complexity index is 471. The SMILES string of the molecule is CCc1ccc2c(c1)c(C)cn2CCO. The van der Waals surface area contributed by atoms with E-state index in [-0.39, 0.29) is 6.61 Å². The fraction of sp³-hybridized carbons (Fsp3) is 0.385. The molecule has 80 valence electrons. The third-order valence-corrected chi connectivity index (χ3v) is 2.89. The number of rotatable bonds is 3. The molecule has 0 amide bonds. The molecule has 2 rings (SSSR count). The van der Waals surface area contributed by atoms with Crippen molar-refractivity contribution >= 4 is 10.9 Å². The van der Waals surface area contributed by atoms with Crippen LogP contribution in [0.3, 0.4) is 0 Å². The Labute approximate surface area is 90.2 Å². The van der Waals surface area contributed by atoms with Crippen molar-refractivity contribution in [3.05, 3.63) is 35.5 Å². The summed E-state index contributed by atoms with van der Waals surface area (Å²) in [5.74, 6) is 0. The molecule has 0 spiro atoms. The molecule has 2 heteroatoms. The van der Waals surface area contributed by atoms with E-state index < -0.39 is 0 Å². The van der Waals surface area contributed by atoms with Gasteiger partial charge in [0.05, 0.1) is 6.61 Å².